The Bertz CT molecular complexity index is 749. The van der Waals surface area contributed by atoms with Gasteiger partial charge in [-0.3, -0.25) is 10.1 Å². The molecular formula is C17H19F3N2O5. The van der Waals surface area contributed by atoms with E-state index in [1.165, 1.54) is 17.4 Å². The van der Waals surface area contributed by atoms with Crippen molar-refractivity contribution in [2.75, 3.05) is 6.54 Å². The zero-order valence-corrected chi connectivity index (χ0v) is 14.5. The molecule has 1 atom stereocenters. The topological polar surface area (TPSA) is 105 Å². The molecule has 2 rings (SSSR count). The molecule has 1 aliphatic rings. The van der Waals surface area contributed by atoms with Gasteiger partial charge in [-0.15, -0.1) is 0 Å². The number of phenols is 1. The third-order valence-electron chi connectivity index (χ3n) is 4.02. The van der Waals surface area contributed by atoms with Crippen LogP contribution < -0.4 is 10.6 Å². The standard InChI is InChI=1S/C17H19F3N2O5/c1-9(14(24)22-16(26)21-8-17(18,19)20)27-15(25)12-6-10-4-2-3-5-11(10)7-13(12)23/h6-7,9,23H,2-5,8H2,1H3,(H2,21,22,24,26). The first-order valence-corrected chi connectivity index (χ1v) is 8.28. The summed E-state index contributed by atoms with van der Waals surface area (Å²) in [6.45, 7) is -0.455. The van der Waals surface area contributed by atoms with Crippen LogP contribution in [0.3, 0.4) is 0 Å². The van der Waals surface area contributed by atoms with Gasteiger partial charge in [-0.1, -0.05) is 0 Å². The van der Waals surface area contributed by atoms with Crippen molar-refractivity contribution in [1.82, 2.24) is 10.6 Å². The Kier molecular flexibility index (Phi) is 6.29. The van der Waals surface area contributed by atoms with Crippen molar-refractivity contribution >= 4 is 17.9 Å². The Hall–Kier alpha value is -2.78. The molecule has 0 aliphatic heterocycles. The Morgan fingerprint density at radius 3 is 2.37 bits per heavy atom. The second-order valence-corrected chi connectivity index (χ2v) is 6.18. The van der Waals surface area contributed by atoms with E-state index in [-0.39, 0.29) is 11.3 Å². The van der Waals surface area contributed by atoms with Crippen molar-refractivity contribution in [3.05, 3.63) is 28.8 Å². The second-order valence-electron chi connectivity index (χ2n) is 6.18. The highest BCUT2D eigenvalue weighted by Crippen LogP contribution is 2.29. The van der Waals surface area contributed by atoms with E-state index in [2.05, 4.69) is 0 Å². The van der Waals surface area contributed by atoms with E-state index in [1.54, 1.807) is 5.32 Å². The predicted octanol–water partition coefficient (Wildman–Crippen LogP) is 2.20. The summed E-state index contributed by atoms with van der Waals surface area (Å²) < 4.78 is 40.9. The number of esters is 1. The molecule has 148 valence electrons. The highest BCUT2D eigenvalue weighted by Gasteiger charge is 2.29. The SMILES string of the molecule is CC(OC(=O)c1cc2c(cc1O)CCCC2)C(=O)NC(=O)NCC(F)(F)F. The number of alkyl halides is 3. The van der Waals surface area contributed by atoms with Gasteiger partial charge in [-0.25, -0.2) is 9.59 Å². The van der Waals surface area contributed by atoms with E-state index in [1.807, 2.05) is 0 Å². The summed E-state index contributed by atoms with van der Waals surface area (Å²) in [7, 11) is 0. The molecule has 0 saturated carbocycles. The second kappa shape index (κ2) is 8.28. The fraction of sp³-hybridized carbons (Fsp3) is 0.471. The van der Waals surface area contributed by atoms with Crippen LogP contribution in [0.1, 0.15) is 41.3 Å². The number of carbonyl (C=O) groups is 3. The first-order valence-electron chi connectivity index (χ1n) is 8.28. The van der Waals surface area contributed by atoms with Gasteiger partial charge in [0.05, 0.1) is 0 Å². The minimum absolute atomic E-state index is 0.114. The highest BCUT2D eigenvalue weighted by atomic mass is 19.4. The average molecular weight is 388 g/mol. The van der Waals surface area contributed by atoms with Crippen molar-refractivity contribution in [3.8, 4) is 5.75 Å². The fourth-order valence-electron chi connectivity index (χ4n) is 2.65. The number of nitrogens with one attached hydrogen (secondary N) is 2. The van der Waals surface area contributed by atoms with Gasteiger partial charge < -0.3 is 15.2 Å². The van der Waals surface area contributed by atoms with Crippen LogP contribution in [0.5, 0.6) is 5.75 Å². The molecule has 0 spiro atoms. The molecule has 1 aliphatic carbocycles. The van der Waals surface area contributed by atoms with Crippen molar-refractivity contribution < 1.29 is 37.4 Å². The number of carbonyl (C=O) groups excluding carboxylic acids is 3. The van der Waals surface area contributed by atoms with Crippen LogP contribution >= 0.6 is 0 Å². The third kappa shape index (κ3) is 5.87. The molecule has 7 nitrogen and oxygen atoms in total. The lowest BCUT2D eigenvalue weighted by atomic mass is 9.90. The normalized spacial score (nSPS) is 14.7. The number of urea groups is 1. The Morgan fingerprint density at radius 2 is 1.78 bits per heavy atom. The number of phenolic OH excluding ortho intramolecular Hbond substituents is 1. The summed E-state index contributed by atoms with van der Waals surface area (Å²) >= 11 is 0. The van der Waals surface area contributed by atoms with E-state index >= 15 is 0 Å². The van der Waals surface area contributed by atoms with Crippen molar-refractivity contribution in [2.24, 2.45) is 0 Å². The molecule has 3 amide bonds. The molecule has 10 heteroatoms. The van der Waals surface area contributed by atoms with Gasteiger partial charge in [0.25, 0.3) is 5.91 Å². The zero-order chi connectivity index (χ0) is 20.2. The van der Waals surface area contributed by atoms with Crippen LogP contribution in [0.2, 0.25) is 0 Å². The number of amides is 3. The molecule has 1 aromatic carbocycles. The largest absolute Gasteiger partial charge is 0.507 e. The minimum atomic E-state index is -4.62. The lowest BCUT2D eigenvalue weighted by molar-refractivity contribution is -0.129. The van der Waals surface area contributed by atoms with Crippen molar-refractivity contribution in [2.45, 2.75) is 44.9 Å². The van der Waals surface area contributed by atoms with Gasteiger partial charge >= 0.3 is 18.2 Å². The van der Waals surface area contributed by atoms with Crippen LogP contribution in [-0.4, -0.2) is 41.8 Å². The molecule has 1 unspecified atom stereocenters. The van der Waals surface area contributed by atoms with Crippen LogP contribution in [0.4, 0.5) is 18.0 Å². The van der Waals surface area contributed by atoms with Crippen LogP contribution in [0, 0.1) is 0 Å². The number of benzene rings is 1. The lowest BCUT2D eigenvalue weighted by Gasteiger charge is -2.18. The number of imide groups is 1. The van der Waals surface area contributed by atoms with Crippen LogP contribution in [0.25, 0.3) is 0 Å². The number of fused-ring (bicyclic) bond motifs is 1. The van der Waals surface area contributed by atoms with E-state index < -0.39 is 36.7 Å². The number of hydrogen-bond acceptors (Lipinski definition) is 5. The Morgan fingerprint density at radius 1 is 1.19 bits per heavy atom. The maximum atomic E-state index is 12.2. The fourth-order valence-corrected chi connectivity index (χ4v) is 2.65. The highest BCUT2D eigenvalue weighted by molar-refractivity contribution is 5.99. The van der Waals surface area contributed by atoms with Crippen LogP contribution in [0.15, 0.2) is 12.1 Å². The lowest BCUT2D eigenvalue weighted by Crippen LogP contribution is -2.47. The first kappa shape index (κ1) is 20.5. The quantitative estimate of drug-likeness (QED) is 0.686. The molecule has 1 aromatic rings. The number of aryl methyl sites for hydroxylation is 2. The van der Waals surface area contributed by atoms with E-state index in [0.717, 1.165) is 43.7 Å². The Balaban J connectivity index is 1.95. The number of aromatic hydroxyl groups is 1. The summed E-state index contributed by atoms with van der Waals surface area (Å²) in [5.74, 6) is -2.35. The Labute approximate surface area is 152 Å². The smallest absolute Gasteiger partial charge is 0.405 e. The minimum Gasteiger partial charge on any atom is -0.507 e. The molecular weight excluding hydrogens is 369 g/mol. The number of ether oxygens (including phenoxy) is 1. The maximum absolute atomic E-state index is 12.2. The van der Waals surface area contributed by atoms with Gasteiger partial charge in [-0.2, -0.15) is 13.2 Å². The summed E-state index contributed by atoms with van der Waals surface area (Å²) in [6, 6.07) is 1.63. The number of rotatable bonds is 4. The predicted molar refractivity (Wildman–Crippen MR) is 87.2 cm³/mol. The number of hydrogen-bond donors (Lipinski definition) is 3. The molecule has 27 heavy (non-hydrogen) atoms. The molecule has 0 aromatic heterocycles. The molecule has 0 bridgehead atoms. The van der Waals surface area contributed by atoms with Crippen molar-refractivity contribution in [3.63, 3.8) is 0 Å². The molecule has 0 fully saturated rings. The molecule has 0 radical (unpaired) electrons. The van der Waals surface area contributed by atoms with E-state index in [0.29, 0.717) is 0 Å². The van der Waals surface area contributed by atoms with Crippen molar-refractivity contribution in [1.29, 1.82) is 0 Å². The maximum Gasteiger partial charge on any atom is 0.405 e. The van der Waals surface area contributed by atoms with E-state index in [9.17, 15) is 32.7 Å². The monoisotopic (exact) mass is 388 g/mol. The van der Waals surface area contributed by atoms with Gasteiger partial charge in [0, 0.05) is 0 Å². The van der Waals surface area contributed by atoms with Gasteiger partial charge in [0.15, 0.2) is 6.10 Å². The molecule has 0 saturated heterocycles. The third-order valence-corrected chi connectivity index (χ3v) is 4.02. The summed E-state index contributed by atoms with van der Waals surface area (Å²) in [5.41, 5.74) is 1.74. The summed E-state index contributed by atoms with van der Waals surface area (Å²) in [5, 5.41) is 13.1. The van der Waals surface area contributed by atoms with Gasteiger partial charge in [-0.05, 0) is 55.9 Å². The summed E-state index contributed by atoms with van der Waals surface area (Å²) in [4.78, 5) is 35.2. The van der Waals surface area contributed by atoms with Gasteiger partial charge in [0.2, 0.25) is 0 Å². The van der Waals surface area contributed by atoms with E-state index in [4.69, 9.17) is 4.74 Å². The molecule has 0 heterocycles. The number of halogens is 3. The zero-order valence-electron chi connectivity index (χ0n) is 14.5. The summed E-state index contributed by atoms with van der Waals surface area (Å²) in [6.07, 6.45) is -2.58. The average Bonchev–Trinajstić information content (AvgIpc) is 2.58. The van der Waals surface area contributed by atoms with Gasteiger partial charge in [0.1, 0.15) is 17.9 Å². The van der Waals surface area contributed by atoms with Crippen LogP contribution in [-0.2, 0) is 22.4 Å². The first-order chi connectivity index (χ1) is 12.6. The molecule has 3 N–H and O–H groups in total.